The van der Waals surface area contributed by atoms with Crippen LogP contribution in [0.15, 0.2) is 24.5 Å². The van der Waals surface area contributed by atoms with Crippen molar-refractivity contribution in [2.24, 2.45) is 0 Å². The Bertz CT molecular complexity index is 690. The van der Waals surface area contributed by atoms with Gasteiger partial charge in [0.25, 0.3) is 5.91 Å². The summed E-state index contributed by atoms with van der Waals surface area (Å²) in [5.41, 5.74) is 2.16. The number of pyridine rings is 1. The first-order chi connectivity index (χ1) is 10.2. The van der Waals surface area contributed by atoms with Crippen LogP contribution in [0.3, 0.4) is 0 Å². The van der Waals surface area contributed by atoms with Gasteiger partial charge in [0.1, 0.15) is 12.0 Å². The molecule has 0 spiro atoms. The molecule has 2 aliphatic rings. The number of amides is 1. The molecule has 0 aromatic carbocycles. The Morgan fingerprint density at radius 1 is 1.38 bits per heavy atom. The minimum absolute atomic E-state index is 0.0896. The lowest BCUT2D eigenvalue weighted by atomic mass is 9.91. The van der Waals surface area contributed by atoms with Crippen LogP contribution >= 0.6 is 0 Å². The molecule has 4 rings (SSSR count). The second kappa shape index (κ2) is 4.54. The molecule has 0 bridgehead atoms. The largest absolute Gasteiger partial charge is 0.367 e. The van der Waals surface area contributed by atoms with Crippen molar-refractivity contribution in [3.05, 3.63) is 35.8 Å². The number of rotatable bonds is 3. The monoisotopic (exact) mass is 287 g/mol. The van der Waals surface area contributed by atoms with Crippen LogP contribution in [0.25, 0.3) is 5.69 Å². The van der Waals surface area contributed by atoms with E-state index in [2.05, 4.69) is 20.7 Å². The Hall–Kier alpha value is -2.44. The SMILES string of the molecule is O=C1NCc2nn(-c3ccc(NC4CC(F)C4)nc3)cc21. The zero-order valence-corrected chi connectivity index (χ0v) is 11.2. The van der Waals surface area contributed by atoms with E-state index in [0.717, 1.165) is 17.2 Å². The number of nitrogens with zero attached hydrogens (tertiary/aromatic N) is 3. The van der Waals surface area contributed by atoms with Crippen LogP contribution in [0.1, 0.15) is 28.9 Å². The lowest BCUT2D eigenvalue weighted by molar-refractivity contribution is 0.0965. The number of hydrogen-bond donors (Lipinski definition) is 2. The summed E-state index contributed by atoms with van der Waals surface area (Å²) >= 11 is 0. The topological polar surface area (TPSA) is 71.8 Å². The van der Waals surface area contributed by atoms with Crippen molar-refractivity contribution in [2.75, 3.05) is 5.32 Å². The summed E-state index contributed by atoms with van der Waals surface area (Å²) in [6.07, 6.45) is 3.81. The third-order valence-corrected chi connectivity index (χ3v) is 3.90. The fourth-order valence-corrected chi connectivity index (χ4v) is 2.60. The summed E-state index contributed by atoms with van der Waals surface area (Å²) in [5, 5.41) is 10.3. The lowest BCUT2D eigenvalue weighted by Crippen LogP contribution is -2.36. The van der Waals surface area contributed by atoms with E-state index in [1.165, 1.54) is 0 Å². The molecule has 0 unspecified atom stereocenters. The maximum absolute atomic E-state index is 12.8. The highest BCUT2D eigenvalue weighted by atomic mass is 19.1. The first-order valence-electron chi connectivity index (χ1n) is 6.93. The van der Waals surface area contributed by atoms with E-state index < -0.39 is 6.17 Å². The Balaban J connectivity index is 1.51. The van der Waals surface area contributed by atoms with Crippen LogP contribution in [0.2, 0.25) is 0 Å². The van der Waals surface area contributed by atoms with Gasteiger partial charge >= 0.3 is 0 Å². The van der Waals surface area contributed by atoms with Crippen LogP contribution in [-0.4, -0.2) is 32.9 Å². The first-order valence-corrected chi connectivity index (χ1v) is 6.93. The average molecular weight is 287 g/mol. The first kappa shape index (κ1) is 12.3. The van der Waals surface area contributed by atoms with E-state index >= 15 is 0 Å². The highest BCUT2D eigenvalue weighted by Crippen LogP contribution is 2.26. The maximum atomic E-state index is 12.8. The Morgan fingerprint density at radius 3 is 2.90 bits per heavy atom. The molecule has 1 aliphatic heterocycles. The van der Waals surface area contributed by atoms with Crippen LogP contribution in [0.5, 0.6) is 0 Å². The zero-order chi connectivity index (χ0) is 14.4. The number of fused-ring (bicyclic) bond motifs is 1. The molecule has 108 valence electrons. The summed E-state index contributed by atoms with van der Waals surface area (Å²) in [7, 11) is 0. The Kier molecular flexibility index (Phi) is 2.66. The van der Waals surface area contributed by atoms with E-state index in [-0.39, 0.29) is 11.9 Å². The van der Waals surface area contributed by atoms with Crippen molar-refractivity contribution in [3.63, 3.8) is 0 Å². The molecule has 1 fully saturated rings. The molecule has 0 atom stereocenters. The number of carbonyl (C=O) groups is 1. The number of anilines is 1. The van der Waals surface area contributed by atoms with E-state index in [1.807, 2.05) is 12.1 Å². The zero-order valence-electron chi connectivity index (χ0n) is 11.2. The van der Waals surface area contributed by atoms with Crippen molar-refractivity contribution in [1.29, 1.82) is 0 Å². The molecular formula is C14H14FN5O. The predicted octanol–water partition coefficient (Wildman–Crippen LogP) is 1.42. The van der Waals surface area contributed by atoms with Gasteiger partial charge in [0.2, 0.25) is 0 Å². The highest BCUT2D eigenvalue weighted by Gasteiger charge is 2.28. The minimum atomic E-state index is -0.681. The van der Waals surface area contributed by atoms with Crippen molar-refractivity contribution < 1.29 is 9.18 Å². The number of carbonyl (C=O) groups excluding carboxylic acids is 1. The number of aromatic nitrogens is 3. The van der Waals surface area contributed by atoms with Gasteiger partial charge in [0.15, 0.2) is 0 Å². The molecule has 0 saturated heterocycles. The normalized spacial score (nSPS) is 23.4. The quantitative estimate of drug-likeness (QED) is 0.895. The molecule has 2 N–H and O–H groups in total. The van der Waals surface area contributed by atoms with Crippen LogP contribution in [-0.2, 0) is 6.54 Å². The minimum Gasteiger partial charge on any atom is -0.367 e. The predicted molar refractivity (Wildman–Crippen MR) is 74.1 cm³/mol. The third-order valence-electron chi connectivity index (χ3n) is 3.90. The highest BCUT2D eigenvalue weighted by molar-refractivity contribution is 5.97. The molecule has 7 heteroatoms. The van der Waals surface area contributed by atoms with Gasteiger partial charge < -0.3 is 10.6 Å². The van der Waals surface area contributed by atoms with E-state index in [1.54, 1.807) is 17.1 Å². The number of alkyl halides is 1. The fourth-order valence-electron chi connectivity index (χ4n) is 2.60. The second-order valence-corrected chi connectivity index (χ2v) is 5.43. The molecule has 1 saturated carbocycles. The van der Waals surface area contributed by atoms with Gasteiger partial charge in [-0.3, -0.25) is 4.79 Å². The van der Waals surface area contributed by atoms with E-state index in [9.17, 15) is 9.18 Å². The summed E-state index contributed by atoms with van der Waals surface area (Å²) in [6, 6.07) is 3.89. The average Bonchev–Trinajstić information content (AvgIpc) is 3.01. The summed E-state index contributed by atoms with van der Waals surface area (Å²) < 4.78 is 14.4. The van der Waals surface area contributed by atoms with Gasteiger partial charge in [-0.25, -0.2) is 14.1 Å². The van der Waals surface area contributed by atoms with Gasteiger partial charge in [0.05, 0.1) is 29.7 Å². The number of nitrogens with one attached hydrogen (secondary N) is 2. The van der Waals surface area contributed by atoms with E-state index in [4.69, 9.17) is 0 Å². The number of hydrogen-bond acceptors (Lipinski definition) is 4. The van der Waals surface area contributed by atoms with Gasteiger partial charge in [-0.1, -0.05) is 0 Å². The molecule has 3 heterocycles. The van der Waals surface area contributed by atoms with Crippen molar-refractivity contribution in [3.8, 4) is 5.69 Å². The van der Waals surface area contributed by atoms with Gasteiger partial charge in [-0.2, -0.15) is 5.10 Å². The molecule has 0 radical (unpaired) electrons. The molecule has 2 aromatic heterocycles. The smallest absolute Gasteiger partial charge is 0.255 e. The fraction of sp³-hybridized carbons (Fsp3) is 0.357. The molecule has 6 nitrogen and oxygen atoms in total. The molecule has 1 amide bonds. The third kappa shape index (κ3) is 2.14. The lowest BCUT2D eigenvalue weighted by Gasteiger charge is -2.30. The molecule has 1 aliphatic carbocycles. The van der Waals surface area contributed by atoms with Gasteiger partial charge in [-0.15, -0.1) is 0 Å². The van der Waals surface area contributed by atoms with Crippen molar-refractivity contribution in [2.45, 2.75) is 31.6 Å². The molecular weight excluding hydrogens is 273 g/mol. The van der Waals surface area contributed by atoms with Crippen LogP contribution in [0, 0.1) is 0 Å². The maximum Gasteiger partial charge on any atom is 0.255 e. The Morgan fingerprint density at radius 2 is 2.24 bits per heavy atom. The summed E-state index contributed by atoms with van der Waals surface area (Å²) in [6.45, 7) is 0.473. The standard InChI is InChI=1S/C14H14FN5O/c15-8-3-9(4-8)18-13-2-1-10(5-16-13)20-7-11-12(19-20)6-17-14(11)21/h1-2,5,7-9H,3-4,6H2,(H,16,18)(H,17,21). The summed E-state index contributed by atoms with van der Waals surface area (Å²) in [4.78, 5) is 15.8. The van der Waals surface area contributed by atoms with Gasteiger partial charge in [0, 0.05) is 12.2 Å². The molecule has 21 heavy (non-hydrogen) atoms. The van der Waals surface area contributed by atoms with Crippen LogP contribution in [0.4, 0.5) is 10.2 Å². The van der Waals surface area contributed by atoms with Crippen molar-refractivity contribution in [1.82, 2.24) is 20.1 Å². The van der Waals surface area contributed by atoms with Gasteiger partial charge in [-0.05, 0) is 25.0 Å². The molecule has 2 aromatic rings. The Labute approximate surface area is 120 Å². The van der Waals surface area contributed by atoms with E-state index in [0.29, 0.717) is 24.9 Å². The summed E-state index contributed by atoms with van der Waals surface area (Å²) in [5.74, 6) is 0.640. The second-order valence-electron chi connectivity index (χ2n) is 5.43. The van der Waals surface area contributed by atoms with Crippen molar-refractivity contribution >= 4 is 11.7 Å². The van der Waals surface area contributed by atoms with Crippen LogP contribution < -0.4 is 10.6 Å². The number of halogens is 1.